The summed E-state index contributed by atoms with van der Waals surface area (Å²) in [6, 6.07) is 20.5. The van der Waals surface area contributed by atoms with Gasteiger partial charge in [0.15, 0.2) is 0 Å². The van der Waals surface area contributed by atoms with Crippen LogP contribution in [0.3, 0.4) is 0 Å². The molecule has 0 spiro atoms. The van der Waals surface area contributed by atoms with Crippen LogP contribution in [0.5, 0.6) is 5.75 Å². The third-order valence-corrected chi connectivity index (χ3v) is 4.72. The van der Waals surface area contributed by atoms with Gasteiger partial charge >= 0.3 is 0 Å². The minimum atomic E-state index is -0.148. The lowest BCUT2D eigenvalue weighted by Crippen LogP contribution is -2.09. The van der Waals surface area contributed by atoms with E-state index in [1.54, 1.807) is 12.1 Å². The van der Waals surface area contributed by atoms with Gasteiger partial charge in [-0.2, -0.15) is 0 Å². The molecule has 0 atom stereocenters. The van der Waals surface area contributed by atoms with Crippen molar-refractivity contribution in [3.05, 3.63) is 99.6 Å². The number of hydrogen-bond acceptors (Lipinski definition) is 3. The Labute approximate surface area is 154 Å². The third kappa shape index (κ3) is 3.96. The Bertz CT molecular complexity index is 885. The largest absolute Gasteiger partial charge is 0.508 e. The molecular formula is C23H23O3. The van der Waals surface area contributed by atoms with Gasteiger partial charge in [-0.25, -0.2) is 0 Å². The smallest absolute Gasteiger partial charge is 0.115 e. The van der Waals surface area contributed by atoms with Gasteiger partial charge in [0.2, 0.25) is 0 Å². The molecule has 3 nitrogen and oxygen atoms in total. The van der Waals surface area contributed by atoms with E-state index >= 15 is 0 Å². The van der Waals surface area contributed by atoms with Crippen molar-refractivity contribution in [1.82, 2.24) is 0 Å². The first-order valence-corrected chi connectivity index (χ1v) is 8.71. The van der Waals surface area contributed by atoms with E-state index in [-0.39, 0.29) is 19.0 Å². The van der Waals surface area contributed by atoms with Crippen molar-refractivity contribution in [2.24, 2.45) is 0 Å². The van der Waals surface area contributed by atoms with Crippen molar-refractivity contribution in [1.29, 1.82) is 0 Å². The van der Waals surface area contributed by atoms with Gasteiger partial charge in [-0.05, 0) is 76.9 Å². The fourth-order valence-corrected chi connectivity index (χ4v) is 3.42. The number of benzene rings is 3. The number of rotatable bonds is 6. The molecular weight excluding hydrogens is 324 g/mol. The maximum absolute atomic E-state index is 9.96. The van der Waals surface area contributed by atoms with E-state index in [0.717, 1.165) is 33.4 Å². The summed E-state index contributed by atoms with van der Waals surface area (Å²) in [4.78, 5) is 0. The van der Waals surface area contributed by atoms with Gasteiger partial charge in [-0.3, -0.25) is 0 Å². The van der Waals surface area contributed by atoms with E-state index in [1.807, 2.05) is 37.3 Å². The van der Waals surface area contributed by atoms with Crippen molar-refractivity contribution in [3.8, 4) is 5.75 Å². The SMILES string of the molecule is Cc1[c]c(CO)c(CO)c(Cc2ccccc2)c1Cc1cccc(O)c1. The zero-order valence-corrected chi connectivity index (χ0v) is 14.9. The van der Waals surface area contributed by atoms with Crippen LogP contribution in [0.4, 0.5) is 0 Å². The Morgan fingerprint density at radius 3 is 2.12 bits per heavy atom. The van der Waals surface area contributed by atoms with Crippen LogP contribution < -0.4 is 0 Å². The minimum absolute atomic E-state index is 0.137. The van der Waals surface area contributed by atoms with Gasteiger partial charge in [0.05, 0.1) is 13.2 Å². The molecule has 0 fully saturated rings. The van der Waals surface area contributed by atoms with Crippen LogP contribution in [0.1, 0.15) is 38.9 Å². The second-order valence-corrected chi connectivity index (χ2v) is 6.49. The quantitative estimate of drug-likeness (QED) is 0.638. The molecule has 26 heavy (non-hydrogen) atoms. The fraction of sp³-hybridized carbons (Fsp3) is 0.217. The monoisotopic (exact) mass is 347 g/mol. The Hall–Kier alpha value is -2.62. The topological polar surface area (TPSA) is 60.7 Å². The van der Waals surface area contributed by atoms with Crippen LogP contribution in [0.25, 0.3) is 0 Å². The highest BCUT2D eigenvalue weighted by Gasteiger charge is 2.17. The number of aromatic hydroxyl groups is 1. The van der Waals surface area contributed by atoms with Gasteiger partial charge in [0.1, 0.15) is 5.75 Å². The second-order valence-electron chi connectivity index (χ2n) is 6.49. The highest BCUT2D eigenvalue weighted by molar-refractivity contribution is 5.49. The average Bonchev–Trinajstić information content (AvgIpc) is 2.65. The minimum Gasteiger partial charge on any atom is -0.508 e. The zero-order chi connectivity index (χ0) is 18.5. The molecule has 3 heteroatoms. The summed E-state index contributed by atoms with van der Waals surface area (Å²) >= 11 is 0. The molecule has 3 aromatic carbocycles. The summed E-state index contributed by atoms with van der Waals surface area (Å²) in [6.07, 6.45) is 1.31. The Balaban J connectivity index is 2.11. The molecule has 0 amide bonds. The molecule has 0 aromatic heterocycles. The van der Waals surface area contributed by atoms with E-state index < -0.39 is 0 Å². The van der Waals surface area contributed by atoms with Gasteiger partial charge in [-0.15, -0.1) is 0 Å². The van der Waals surface area contributed by atoms with Crippen molar-refractivity contribution in [2.75, 3.05) is 0 Å². The molecule has 0 aliphatic heterocycles. The molecule has 0 saturated carbocycles. The molecule has 3 aromatic rings. The third-order valence-electron chi connectivity index (χ3n) is 4.72. The second kappa shape index (κ2) is 8.17. The number of phenols is 1. The van der Waals surface area contributed by atoms with E-state index in [2.05, 4.69) is 18.2 Å². The summed E-state index contributed by atoms with van der Waals surface area (Å²) in [5.41, 5.74) is 6.61. The lowest BCUT2D eigenvalue weighted by atomic mass is 9.86. The van der Waals surface area contributed by atoms with Crippen LogP contribution in [0.2, 0.25) is 0 Å². The number of phenolic OH excluding ortho intramolecular Hbond substituents is 1. The van der Waals surface area contributed by atoms with E-state index in [0.29, 0.717) is 18.4 Å². The van der Waals surface area contributed by atoms with Gasteiger partial charge < -0.3 is 15.3 Å². The standard InChI is InChI=1S/C23H23O3/c1-16-10-19(14-24)23(15-25)22(12-17-6-3-2-4-7-17)21(16)13-18-8-5-9-20(26)11-18/h2-9,11,24-26H,12-15H2,1H3. The first-order chi connectivity index (χ1) is 12.6. The van der Waals surface area contributed by atoms with E-state index in [1.165, 1.54) is 0 Å². The van der Waals surface area contributed by atoms with Crippen molar-refractivity contribution in [3.63, 3.8) is 0 Å². The number of aliphatic hydroxyl groups is 2. The van der Waals surface area contributed by atoms with Crippen LogP contribution in [-0.2, 0) is 26.1 Å². The molecule has 3 rings (SSSR count). The number of aryl methyl sites for hydroxylation is 1. The fourth-order valence-electron chi connectivity index (χ4n) is 3.42. The predicted octanol–water partition coefficient (Wildman–Crippen LogP) is 3.67. The van der Waals surface area contributed by atoms with E-state index in [9.17, 15) is 15.3 Å². The molecule has 0 aliphatic rings. The molecule has 0 bridgehead atoms. The maximum atomic E-state index is 9.96. The van der Waals surface area contributed by atoms with Crippen LogP contribution >= 0.6 is 0 Å². The molecule has 0 unspecified atom stereocenters. The Kier molecular flexibility index (Phi) is 5.71. The van der Waals surface area contributed by atoms with Crippen LogP contribution in [-0.4, -0.2) is 15.3 Å². The number of hydrogen-bond donors (Lipinski definition) is 3. The number of aliphatic hydroxyl groups excluding tert-OH is 2. The van der Waals surface area contributed by atoms with Crippen molar-refractivity contribution < 1.29 is 15.3 Å². The molecule has 133 valence electrons. The summed E-state index contributed by atoms with van der Waals surface area (Å²) in [6.45, 7) is 1.69. The van der Waals surface area contributed by atoms with Crippen LogP contribution in [0.15, 0.2) is 54.6 Å². The lowest BCUT2D eigenvalue weighted by Gasteiger charge is -2.20. The summed E-state index contributed by atoms with van der Waals surface area (Å²) < 4.78 is 0. The van der Waals surface area contributed by atoms with Gasteiger partial charge in [0.25, 0.3) is 0 Å². The summed E-state index contributed by atoms with van der Waals surface area (Å²) in [5, 5.41) is 29.4. The predicted molar refractivity (Wildman–Crippen MR) is 102 cm³/mol. The Morgan fingerprint density at radius 2 is 1.46 bits per heavy atom. The van der Waals surface area contributed by atoms with Crippen LogP contribution in [0, 0.1) is 13.0 Å². The molecule has 0 saturated heterocycles. The Morgan fingerprint density at radius 1 is 0.769 bits per heavy atom. The highest BCUT2D eigenvalue weighted by Crippen LogP contribution is 2.28. The normalized spacial score (nSPS) is 10.9. The molecule has 0 heterocycles. The van der Waals surface area contributed by atoms with Crippen molar-refractivity contribution >= 4 is 0 Å². The highest BCUT2D eigenvalue weighted by atomic mass is 16.3. The van der Waals surface area contributed by atoms with Crippen molar-refractivity contribution in [2.45, 2.75) is 33.0 Å². The van der Waals surface area contributed by atoms with Gasteiger partial charge in [-0.1, -0.05) is 42.5 Å². The first kappa shape index (κ1) is 18.2. The first-order valence-electron chi connectivity index (χ1n) is 8.71. The maximum Gasteiger partial charge on any atom is 0.115 e. The summed E-state index contributed by atoms with van der Waals surface area (Å²) in [7, 11) is 0. The zero-order valence-electron chi connectivity index (χ0n) is 14.9. The van der Waals surface area contributed by atoms with Gasteiger partial charge in [0, 0.05) is 0 Å². The molecule has 0 aliphatic carbocycles. The lowest BCUT2D eigenvalue weighted by molar-refractivity contribution is 0.258. The molecule has 1 radical (unpaired) electrons. The molecule has 3 N–H and O–H groups in total. The summed E-state index contributed by atoms with van der Waals surface area (Å²) in [5.74, 6) is 0.239. The average molecular weight is 347 g/mol. The van der Waals surface area contributed by atoms with E-state index in [4.69, 9.17) is 0 Å².